The van der Waals surface area contributed by atoms with Crippen LogP contribution < -0.4 is 9.80 Å². The van der Waals surface area contributed by atoms with Gasteiger partial charge in [0.2, 0.25) is 0 Å². The Balaban J connectivity index is 0.000000269. The Morgan fingerprint density at radius 1 is 0.733 bits per heavy atom. The first-order chi connectivity index (χ1) is 14.2. The maximum absolute atomic E-state index is 10.4. The van der Waals surface area contributed by atoms with Crippen LogP contribution in [0.4, 0.5) is 11.4 Å². The third kappa shape index (κ3) is 6.85. The molecule has 0 aromatic heterocycles. The van der Waals surface area contributed by atoms with Crippen molar-refractivity contribution in [3.8, 4) is 0 Å². The van der Waals surface area contributed by atoms with Crippen molar-refractivity contribution < 1.29 is 13.9 Å². The van der Waals surface area contributed by atoms with E-state index in [1.165, 1.54) is 12.1 Å². The van der Waals surface area contributed by atoms with Crippen LogP contribution in [0.3, 0.4) is 0 Å². The summed E-state index contributed by atoms with van der Waals surface area (Å²) in [6.07, 6.45) is -0.581. The van der Waals surface area contributed by atoms with Gasteiger partial charge in [-0.2, -0.15) is 0 Å². The Labute approximate surface area is 185 Å². The van der Waals surface area contributed by atoms with Crippen molar-refractivity contribution in [3.05, 3.63) is 88.9 Å². The molecule has 3 rings (SSSR count). The van der Waals surface area contributed by atoms with E-state index in [4.69, 9.17) is 16.2 Å². The topological polar surface area (TPSA) is 64.0 Å². The molecule has 0 spiro atoms. The maximum Gasteiger partial charge on any atom is 0.186 e. The van der Waals surface area contributed by atoms with Crippen molar-refractivity contribution in [2.45, 2.75) is 11.0 Å². The van der Waals surface area contributed by atoms with Crippen molar-refractivity contribution in [3.63, 3.8) is 0 Å². The van der Waals surface area contributed by atoms with Crippen LogP contribution in [0.1, 0.15) is 17.2 Å². The van der Waals surface area contributed by atoms with Gasteiger partial charge < -0.3 is 19.5 Å². The van der Waals surface area contributed by atoms with E-state index >= 15 is 0 Å². The van der Waals surface area contributed by atoms with Gasteiger partial charge in [0.25, 0.3) is 0 Å². The van der Waals surface area contributed by atoms with E-state index in [1.807, 2.05) is 86.5 Å². The average Bonchev–Trinajstić information content (AvgIpc) is 2.74. The molecule has 1 unspecified atom stereocenters. The van der Waals surface area contributed by atoms with E-state index in [0.29, 0.717) is 9.92 Å². The van der Waals surface area contributed by atoms with Gasteiger partial charge in [-0.05, 0) is 59.7 Å². The molecule has 0 aliphatic heterocycles. The van der Waals surface area contributed by atoms with Gasteiger partial charge in [0, 0.05) is 44.6 Å². The highest BCUT2D eigenvalue weighted by Gasteiger charge is 2.10. The molecule has 0 heterocycles. The molecule has 1 atom stereocenters. The summed E-state index contributed by atoms with van der Waals surface area (Å²) in [6, 6.07) is 22.1. The smallest absolute Gasteiger partial charge is 0.186 e. The van der Waals surface area contributed by atoms with Crippen molar-refractivity contribution in [1.29, 1.82) is 0 Å². The molecule has 0 radical (unpaired) electrons. The SMILES string of the molecule is CN(C)c1ccc(C(O)c2ccc(N(C)C)cc2)cc1.O=S(O)c1ccc(Cl)cc1. The van der Waals surface area contributed by atoms with Crippen molar-refractivity contribution in [2.75, 3.05) is 38.0 Å². The summed E-state index contributed by atoms with van der Waals surface area (Å²) >= 11 is 3.64. The first-order valence-electron chi connectivity index (χ1n) is 9.28. The molecule has 0 saturated heterocycles. The van der Waals surface area contributed by atoms with E-state index in [9.17, 15) is 9.32 Å². The van der Waals surface area contributed by atoms with Crippen LogP contribution in [0.5, 0.6) is 0 Å². The molecule has 0 bridgehead atoms. The minimum atomic E-state index is -1.90. The maximum atomic E-state index is 10.4. The quantitative estimate of drug-likeness (QED) is 0.550. The zero-order valence-electron chi connectivity index (χ0n) is 17.5. The van der Waals surface area contributed by atoms with Gasteiger partial charge in [-0.15, -0.1) is 0 Å². The van der Waals surface area contributed by atoms with Gasteiger partial charge in [-0.3, -0.25) is 0 Å². The van der Waals surface area contributed by atoms with Gasteiger partial charge in [0.05, 0.1) is 4.90 Å². The van der Waals surface area contributed by atoms with E-state index < -0.39 is 17.2 Å². The van der Waals surface area contributed by atoms with Crippen LogP contribution in [0.25, 0.3) is 0 Å². The normalized spacial score (nSPS) is 11.5. The zero-order valence-corrected chi connectivity index (χ0v) is 19.1. The Bertz CT molecular complexity index is 892. The van der Waals surface area contributed by atoms with Gasteiger partial charge >= 0.3 is 0 Å². The minimum absolute atomic E-state index is 0.365. The van der Waals surface area contributed by atoms with Gasteiger partial charge in [-0.25, -0.2) is 4.21 Å². The molecule has 5 nitrogen and oxygen atoms in total. The fraction of sp³-hybridized carbons (Fsp3) is 0.217. The highest BCUT2D eigenvalue weighted by molar-refractivity contribution is 7.79. The Kier molecular flexibility index (Phi) is 8.87. The number of benzene rings is 3. The fourth-order valence-corrected chi connectivity index (χ4v) is 3.15. The van der Waals surface area contributed by atoms with Crippen molar-refractivity contribution >= 4 is 34.1 Å². The second-order valence-corrected chi connectivity index (χ2v) is 8.48. The Morgan fingerprint density at radius 3 is 1.40 bits per heavy atom. The number of aliphatic hydroxyl groups is 1. The van der Waals surface area contributed by atoms with Crippen molar-refractivity contribution in [1.82, 2.24) is 0 Å². The summed E-state index contributed by atoms with van der Waals surface area (Å²) in [6.45, 7) is 0. The third-order valence-corrected chi connectivity index (χ3v) is 5.39. The largest absolute Gasteiger partial charge is 0.384 e. The predicted molar refractivity (Wildman–Crippen MR) is 126 cm³/mol. The van der Waals surface area contributed by atoms with E-state index in [0.717, 1.165) is 22.5 Å². The molecule has 7 heteroatoms. The molecule has 3 aromatic rings. The number of rotatable bonds is 5. The first-order valence-corrected chi connectivity index (χ1v) is 10.8. The second-order valence-electron chi connectivity index (χ2n) is 7.08. The standard InChI is InChI=1S/C17H22N2O.C6H5ClO2S/c1-18(2)15-9-5-13(6-10-15)17(20)14-7-11-16(12-8-14)19(3)4;7-5-1-3-6(4-2-5)10(8)9/h5-12,17,20H,1-4H3;1-4H,(H,8,9). The molecule has 0 aliphatic carbocycles. The predicted octanol–water partition coefficient (Wildman–Crippen LogP) is 4.82. The van der Waals surface area contributed by atoms with Crippen LogP contribution in [-0.4, -0.2) is 42.1 Å². The lowest BCUT2D eigenvalue weighted by Crippen LogP contribution is -2.09. The number of aliphatic hydroxyl groups excluding tert-OH is 1. The van der Waals surface area contributed by atoms with E-state index in [-0.39, 0.29) is 0 Å². The van der Waals surface area contributed by atoms with Gasteiger partial charge in [0.1, 0.15) is 6.10 Å². The van der Waals surface area contributed by atoms with Crippen molar-refractivity contribution in [2.24, 2.45) is 0 Å². The molecule has 3 aromatic carbocycles. The van der Waals surface area contributed by atoms with Crippen LogP contribution in [-0.2, 0) is 11.1 Å². The van der Waals surface area contributed by atoms with Crippen LogP contribution in [0.2, 0.25) is 5.02 Å². The van der Waals surface area contributed by atoms with E-state index in [1.54, 1.807) is 12.1 Å². The third-order valence-electron chi connectivity index (χ3n) is 4.47. The summed E-state index contributed by atoms with van der Waals surface area (Å²) in [7, 11) is 8.02. The average molecular weight is 447 g/mol. The van der Waals surface area contributed by atoms with Crippen LogP contribution in [0, 0.1) is 0 Å². The van der Waals surface area contributed by atoms with Gasteiger partial charge in [-0.1, -0.05) is 35.9 Å². The highest BCUT2D eigenvalue weighted by Crippen LogP contribution is 2.25. The molecule has 2 N–H and O–H groups in total. The number of nitrogens with zero attached hydrogens (tertiary/aromatic N) is 2. The summed E-state index contributed by atoms with van der Waals surface area (Å²) in [5.74, 6) is 0. The Morgan fingerprint density at radius 2 is 1.10 bits per heavy atom. The molecule has 0 fully saturated rings. The summed E-state index contributed by atoms with van der Waals surface area (Å²) < 4.78 is 18.9. The number of halogens is 1. The molecule has 0 amide bonds. The lowest BCUT2D eigenvalue weighted by Gasteiger charge is -2.17. The lowest BCUT2D eigenvalue weighted by molar-refractivity contribution is 0.220. The van der Waals surface area contributed by atoms with Crippen LogP contribution in [0.15, 0.2) is 77.7 Å². The number of anilines is 2. The highest BCUT2D eigenvalue weighted by atomic mass is 35.5. The summed E-state index contributed by atoms with van der Waals surface area (Å²) in [5.41, 5.74) is 4.08. The second kappa shape index (κ2) is 11.1. The molecule has 30 heavy (non-hydrogen) atoms. The van der Waals surface area contributed by atoms with Gasteiger partial charge in [0.15, 0.2) is 11.1 Å². The number of hydrogen-bond acceptors (Lipinski definition) is 4. The van der Waals surface area contributed by atoms with Crippen LogP contribution >= 0.6 is 11.6 Å². The Hall–Kier alpha value is -2.38. The number of hydrogen-bond donors (Lipinski definition) is 2. The molecular formula is C23H27ClN2O3S. The first kappa shape index (κ1) is 23.9. The lowest BCUT2D eigenvalue weighted by atomic mass is 10.0. The zero-order chi connectivity index (χ0) is 22.3. The van der Waals surface area contributed by atoms with E-state index in [2.05, 4.69) is 0 Å². The fourth-order valence-electron chi connectivity index (χ4n) is 2.65. The monoisotopic (exact) mass is 446 g/mol. The minimum Gasteiger partial charge on any atom is -0.384 e. The summed E-state index contributed by atoms with van der Waals surface area (Å²) in [5, 5.41) is 11.0. The molecular weight excluding hydrogens is 420 g/mol. The molecule has 0 saturated carbocycles. The summed E-state index contributed by atoms with van der Waals surface area (Å²) in [4.78, 5) is 4.45. The molecule has 160 valence electrons. The molecule has 0 aliphatic rings.